The highest BCUT2D eigenvalue weighted by Gasteiger charge is 2.09. The molecule has 2 rings (SSSR count). The number of anilines is 1. The van der Waals surface area contributed by atoms with Crippen LogP contribution in [-0.4, -0.2) is 5.91 Å². The summed E-state index contributed by atoms with van der Waals surface area (Å²) in [5, 5.41) is 2.92. The van der Waals surface area contributed by atoms with Gasteiger partial charge in [0, 0.05) is 9.26 Å². The van der Waals surface area contributed by atoms with Crippen LogP contribution in [-0.2, 0) is 0 Å². The number of nitrogens with one attached hydrogen (secondary N) is 1. The third kappa shape index (κ3) is 3.56. The van der Waals surface area contributed by atoms with Gasteiger partial charge in [-0.1, -0.05) is 38.1 Å². The van der Waals surface area contributed by atoms with Gasteiger partial charge in [0.2, 0.25) is 0 Å². The van der Waals surface area contributed by atoms with E-state index in [1.807, 2.05) is 36.4 Å². The highest BCUT2D eigenvalue weighted by Crippen LogP contribution is 2.18. The largest absolute Gasteiger partial charge is 0.322 e. The molecule has 0 aliphatic heterocycles. The van der Waals surface area contributed by atoms with Crippen LogP contribution in [0.4, 0.5) is 5.69 Å². The Morgan fingerprint density at radius 2 is 1.68 bits per heavy atom. The van der Waals surface area contributed by atoms with Crippen molar-refractivity contribution in [2.24, 2.45) is 0 Å². The summed E-state index contributed by atoms with van der Waals surface area (Å²) < 4.78 is 0.955. The zero-order chi connectivity index (χ0) is 13.8. The molecule has 2 aromatic carbocycles. The Morgan fingerprint density at radius 1 is 1.05 bits per heavy atom. The molecule has 0 saturated carbocycles. The summed E-state index contributed by atoms with van der Waals surface area (Å²) in [5.74, 6) is 0.433. The van der Waals surface area contributed by atoms with E-state index in [1.165, 1.54) is 5.56 Å². The lowest BCUT2D eigenvalue weighted by Crippen LogP contribution is -2.13. The highest BCUT2D eigenvalue weighted by molar-refractivity contribution is 14.1. The summed E-state index contributed by atoms with van der Waals surface area (Å²) in [6.07, 6.45) is 0. The van der Waals surface area contributed by atoms with Crippen LogP contribution < -0.4 is 5.32 Å². The number of carbonyl (C=O) groups excluding carboxylic acids is 1. The predicted molar refractivity (Wildman–Crippen MR) is 87.6 cm³/mol. The van der Waals surface area contributed by atoms with Gasteiger partial charge in [0.25, 0.3) is 5.91 Å². The Bertz CT molecular complexity index is 576. The van der Waals surface area contributed by atoms with E-state index in [4.69, 9.17) is 0 Å². The number of hydrogen-bond donors (Lipinski definition) is 1. The van der Waals surface area contributed by atoms with Crippen molar-refractivity contribution in [3.8, 4) is 0 Å². The molecule has 0 spiro atoms. The second-order valence-corrected chi connectivity index (χ2v) is 5.87. The quantitative estimate of drug-likeness (QED) is 0.788. The molecule has 2 aromatic rings. The minimum Gasteiger partial charge on any atom is -0.322 e. The van der Waals surface area contributed by atoms with Crippen molar-refractivity contribution < 1.29 is 4.79 Å². The van der Waals surface area contributed by atoms with E-state index in [0.29, 0.717) is 11.5 Å². The lowest BCUT2D eigenvalue weighted by molar-refractivity contribution is 0.102. The highest BCUT2D eigenvalue weighted by atomic mass is 127. The van der Waals surface area contributed by atoms with E-state index < -0.39 is 0 Å². The standard InChI is InChI=1S/C16H16INO/c1-11(2)12-7-9-13(10-8-12)18-16(19)14-5-3-4-6-15(14)17/h3-11H,1-2H3,(H,18,19). The van der Waals surface area contributed by atoms with E-state index in [1.54, 1.807) is 0 Å². The SMILES string of the molecule is CC(C)c1ccc(NC(=O)c2ccccc2I)cc1. The van der Waals surface area contributed by atoms with E-state index in [2.05, 4.69) is 53.9 Å². The van der Waals surface area contributed by atoms with Gasteiger partial charge >= 0.3 is 0 Å². The van der Waals surface area contributed by atoms with Crippen LogP contribution in [0.2, 0.25) is 0 Å². The fraction of sp³-hybridized carbons (Fsp3) is 0.188. The smallest absolute Gasteiger partial charge is 0.256 e. The molecule has 0 saturated heterocycles. The molecular formula is C16H16INO. The maximum atomic E-state index is 12.1. The Hall–Kier alpha value is -1.36. The summed E-state index contributed by atoms with van der Waals surface area (Å²) in [6, 6.07) is 15.6. The van der Waals surface area contributed by atoms with Crippen molar-refractivity contribution in [3.05, 3.63) is 63.2 Å². The van der Waals surface area contributed by atoms with E-state index in [9.17, 15) is 4.79 Å². The minimum absolute atomic E-state index is 0.0673. The molecule has 19 heavy (non-hydrogen) atoms. The molecule has 0 bridgehead atoms. The molecule has 98 valence electrons. The van der Waals surface area contributed by atoms with Gasteiger partial charge in [-0.3, -0.25) is 4.79 Å². The van der Waals surface area contributed by atoms with Gasteiger partial charge in [-0.2, -0.15) is 0 Å². The van der Waals surface area contributed by atoms with Crippen LogP contribution in [0.1, 0.15) is 35.7 Å². The summed E-state index contributed by atoms with van der Waals surface area (Å²) in [4.78, 5) is 12.1. The maximum absolute atomic E-state index is 12.1. The molecule has 1 N–H and O–H groups in total. The van der Waals surface area contributed by atoms with Gasteiger partial charge in [-0.15, -0.1) is 0 Å². The molecule has 0 radical (unpaired) electrons. The molecule has 2 nitrogen and oxygen atoms in total. The second kappa shape index (κ2) is 6.19. The first-order valence-corrected chi connectivity index (χ1v) is 7.31. The van der Waals surface area contributed by atoms with Crippen molar-refractivity contribution in [1.82, 2.24) is 0 Å². The van der Waals surface area contributed by atoms with E-state index in [-0.39, 0.29) is 5.91 Å². The number of hydrogen-bond acceptors (Lipinski definition) is 1. The Kier molecular flexibility index (Phi) is 4.58. The van der Waals surface area contributed by atoms with Gasteiger partial charge in [0.05, 0.1) is 5.56 Å². The van der Waals surface area contributed by atoms with Gasteiger partial charge in [0.1, 0.15) is 0 Å². The zero-order valence-corrected chi connectivity index (χ0v) is 13.1. The van der Waals surface area contributed by atoms with Crippen LogP contribution in [0.15, 0.2) is 48.5 Å². The summed E-state index contributed by atoms with van der Waals surface area (Å²) in [6.45, 7) is 4.31. The van der Waals surface area contributed by atoms with Gasteiger partial charge in [-0.05, 0) is 58.3 Å². The topological polar surface area (TPSA) is 29.1 Å². The summed E-state index contributed by atoms with van der Waals surface area (Å²) in [7, 11) is 0. The second-order valence-electron chi connectivity index (χ2n) is 4.71. The molecular weight excluding hydrogens is 349 g/mol. The van der Waals surface area contributed by atoms with Crippen LogP contribution >= 0.6 is 22.6 Å². The van der Waals surface area contributed by atoms with Crippen LogP contribution in [0.5, 0.6) is 0 Å². The minimum atomic E-state index is -0.0673. The third-order valence-corrected chi connectivity index (χ3v) is 3.89. The van der Waals surface area contributed by atoms with Gasteiger partial charge < -0.3 is 5.32 Å². The van der Waals surface area contributed by atoms with E-state index >= 15 is 0 Å². The molecule has 3 heteroatoms. The number of amides is 1. The summed E-state index contributed by atoms with van der Waals surface area (Å²) >= 11 is 2.17. The van der Waals surface area contributed by atoms with Crippen molar-refractivity contribution >= 4 is 34.2 Å². The Morgan fingerprint density at radius 3 is 2.26 bits per heavy atom. The third-order valence-electron chi connectivity index (χ3n) is 2.95. The number of halogens is 1. The molecule has 0 unspecified atom stereocenters. The molecule has 0 atom stereocenters. The normalized spacial score (nSPS) is 10.5. The summed E-state index contributed by atoms with van der Waals surface area (Å²) in [5.41, 5.74) is 2.80. The molecule has 0 heterocycles. The molecule has 0 fully saturated rings. The van der Waals surface area contributed by atoms with Gasteiger partial charge in [-0.25, -0.2) is 0 Å². The number of carbonyl (C=O) groups is 1. The lowest BCUT2D eigenvalue weighted by atomic mass is 10.0. The fourth-order valence-corrected chi connectivity index (χ4v) is 2.43. The molecule has 0 aliphatic rings. The first kappa shape index (κ1) is 14.1. The predicted octanol–water partition coefficient (Wildman–Crippen LogP) is 4.67. The first-order chi connectivity index (χ1) is 9.08. The average Bonchev–Trinajstić information content (AvgIpc) is 2.39. The number of rotatable bonds is 3. The Balaban J connectivity index is 2.13. The zero-order valence-electron chi connectivity index (χ0n) is 11.0. The Labute approximate surface area is 127 Å². The van der Waals surface area contributed by atoms with Crippen molar-refractivity contribution in [1.29, 1.82) is 0 Å². The maximum Gasteiger partial charge on any atom is 0.256 e. The monoisotopic (exact) mass is 365 g/mol. The van der Waals surface area contributed by atoms with Gasteiger partial charge in [0.15, 0.2) is 0 Å². The first-order valence-electron chi connectivity index (χ1n) is 6.24. The van der Waals surface area contributed by atoms with Crippen LogP contribution in [0.3, 0.4) is 0 Å². The van der Waals surface area contributed by atoms with Crippen molar-refractivity contribution in [3.63, 3.8) is 0 Å². The van der Waals surface area contributed by atoms with Crippen molar-refractivity contribution in [2.75, 3.05) is 5.32 Å². The molecule has 0 aliphatic carbocycles. The van der Waals surface area contributed by atoms with Crippen LogP contribution in [0, 0.1) is 3.57 Å². The number of benzene rings is 2. The molecule has 1 amide bonds. The fourth-order valence-electron chi connectivity index (χ4n) is 1.80. The molecule has 0 aromatic heterocycles. The van der Waals surface area contributed by atoms with Crippen LogP contribution in [0.25, 0.3) is 0 Å². The van der Waals surface area contributed by atoms with Crippen molar-refractivity contribution in [2.45, 2.75) is 19.8 Å². The van der Waals surface area contributed by atoms with E-state index in [0.717, 1.165) is 9.26 Å². The lowest BCUT2D eigenvalue weighted by Gasteiger charge is -2.09. The average molecular weight is 365 g/mol.